The minimum Gasteiger partial charge on any atom is -0.453 e. The minimum atomic E-state index is -5.20. The van der Waals surface area contributed by atoms with Gasteiger partial charge in [0.15, 0.2) is 0 Å². The summed E-state index contributed by atoms with van der Waals surface area (Å²) in [5.74, 6) is -2.35. The molecule has 0 radical (unpaired) electrons. The lowest BCUT2D eigenvalue weighted by Gasteiger charge is -2.24. The van der Waals surface area contributed by atoms with E-state index in [-0.39, 0.29) is 4.90 Å². The molecule has 116 valence electrons. The van der Waals surface area contributed by atoms with Crippen LogP contribution in [0.4, 0.5) is 31.1 Å². The van der Waals surface area contributed by atoms with Crippen molar-refractivity contribution in [1.82, 2.24) is 10.2 Å². The number of hydrogen-bond acceptors (Lipinski definition) is 3. The number of ether oxygens (including phenoxy) is 1. The summed E-state index contributed by atoms with van der Waals surface area (Å²) < 4.78 is 78.2. The Morgan fingerprint density at radius 1 is 1.20 bits per heavy atom. The van der Waals surface area contributed by atoms with Gasteiger partial charge in [-0.2, -0.15) is 26.3 Å². The Morgan fingerprint density at radius 3 is 2.15 bits per heavy atom. The number of halogens is 6. The van der Waals surface area contributed by atoms with E-state index in [2.05, 4.69) is 4.74 Å². The number of carbonyl (C=O) groups excluding carboxylic acids is 2. The second-order valence-electron chi connectivity index (χ2n) is 4.08. The van der Waals surface area contributed by atoms with Gasteiger partial charge in [0.2, 0.25) is 0 Å². The maximum Gasteiger partial charge on any atom is 0.471 e. The summed E-state index contributed by atoms with van der Waals surface area (Å²) in [6, 6.07) is -3.75. The lowest BCUT2D eigenvalue weighted by Crippen LogP contribution is -2.45. The number of methoxy groups -OCH3 is 1. The maximum atomic E-state index is 12.7. The first-order valence-corrected chi connectivity index (χ1v) is 5.25. The van der Waals surface area contributed by atoms with Crippen molar-refractivity contribution < 1.29 is 40.7 Å². The Balaban J connectivity index is 2.81. The minimum absolute atomic E-state index is 0.237. The molecule has 0 bridgehead atoms. The molecule has 1 saturated heterocycles. The molecule has 2 atom stereocenters. The van der Waals surface area contributed by atoms with Crippen LogP contribution < -0.4 is 5.32 Å². The molecule has 2 amide bonds. The number of likely N-dealkylation sites (tertiary alicyclic amines) is 1. The van der Waals surface area contributed by atoms with Gasteiger partial charge in [-0.3, -0.25) is 9.69 Å². The smallest absolute Gasteiger partial charge is 0.453 e. The molecule has 2 unspecified atom stereocenters. The van der Waals surface area contributed by atoms with Gasteiger partial charge < -0.3 is 10.1 Å². The third-order valence-corrected chi connectivity index (χ3v) is 2.68. The van der Waals surface area contributed by atoms with E-state index in [9.17, 15) is 35.9 Å². The summed E-state index contributed by atoms with van der Waals surface area (Å²) in [5.41, 5.74) is 0. The van der Waals surface area contributed by atoms with E-state index in [1.807, 2.05) is 0 Å². The molecule has 20 heavy (non-hydrogen) atoms. The van der Waals surface area contributed by atoms with Crippen LogP contribution in [0, 0.1) is 0 Å². The summed E-state index contributed by atoms with van der Waals surface area (Å²) in [5, 5.41) is 1.42. The monoisotopic (exact) mass is 308 g/mol. The molecule has 0 aromatic rings. The van der Waals surface area contributed by atoms with Gasteiger partial charge in [-0.15, -0.1) is 0 Å². The van der Waals surface area contributed by atoms with Crippen molar-refractivity contribution in [3.8, 4) is 0 Å². The average molecular weight is 308 g/mol. The second kappa shape index (κ2) is 5.37. The van der Waals surface area contributed by atoms with Gasteiger partial charge in [0.05, 0.1) is 7.11 Å². The topological polar surface area (TPSA) is 58.6 Å². The van der Waals surface area contributed by atoms with E-state index in [1.54, 1.807) is 0 Å². The summed E-state index contributed by atoms with van der Waals surface area (Å²) in [7, 11) is 0.845. The molecule has 0 aromatic heterocycles. The number of hydrogen-bond donors (Lipinski definition) is 1. The van der Waals surface area contributed by atoms with E-state index < -0.39 is 49.4 Å². The number of amides is 2. The molecule has 5 nitrogen and oxygen atoms in total. The van der Waals surface area contributed by atoms with E-state index in [4.69, 9.17) is 0 Å². The van der Waals surface area contributed by atoms with Gasteiger partial charge in [-0.1, -0.05) is 0 Å². The summed E-state index contributed by atoms with van der Waals surface area (Å²) in [6.45, 7) is -0.710. The van der Waals surface area contributed by atoms with E-state index in [1.165, 1.54) is 5.32 Å². The van der Waals surface area contributed by atoms with Crippen LogP contribution in [0.3, 0.4) is 0 Å². The van der Waals surface area contributed by atoms with Crippen LogP contribution in [0.1, 0.15) is 6.42 Å². The van der Waals surface area contributed by atoms with Gasteiger partial charge in [0.25, 0.3) is 0 Å². The Morgan fingerprint density at radius 2 is 1.75 bits per heavy atom. The predicted molar refractivity (Wildman–Crippen MR) is 51.6 cm³/mol. The van der Waals surface area contributed by atoms with Crippen LogP contribution in [0.2, 0.25) is 0 Å². The Hall–Kier alpha value is -1.68. The van der Waals surface area contributed by atoms with Crippen LogP contribution in [0.15, 0.2) is 0 Å². The average Bonchev–Trinajstić information content (AvgIpc) is 2.70. The molecule has 0 spiro atoms. The van der Waals surface area contributed by atoms with E-state index in [0.29, 0.717) is 0 Å². The number of rotatable bonds is 1. The zero-order valence-corrected chi connectivity index (χ0v) is 10.0. The van der Waals surface area contributed by atoms with Crippen LogP contribution in [-0.2, 0) is 9.53 Å². The van der Waals surface area contributed by atoms with Crippen LogP contribution in [0.25, 0.3) is 0 Å². The molecule has 11 heteroatoms. The van der Waals surface area contributed by atoms with Crippen molar-refractivity contribution in [1.29, 1.82) is 0 Å². The molecule has 0 aromatic carbocycles. The highest BCUT2D eigenvalue weighted by molar-refractivity contribution is 5.82. The number of carbonyl (C=O) groups is 2. The highest BCUT2D eigenvalue weighted by atomic mass is 19.4. The largest absolute Gasteiger partial charge is 0.471 e. The van der Waals surface area contributed by atoms with E-state index in [0.717, 1.165) is 7.11 Å². The zero-order chi connectivity index (χ0) is 15.7. The lowest BCUT2D eigenvalue weighted by molar-refractivity contribution is -0.175. The van der Waals surface area contributed by atoms with Gasteiger partial charge in [-0.25, -0.2) is 4.79 Å². The summed E-state index contributed by atoms with van der Waals surface area (Å²) >= 11 is 0. The third-order valence-electron chi connectivity index (χ3n) is 2.68. The molecular weight excluding hydrogens is 298 g/mol. The van der Waals surface area contributed by atoms with Gasteiger partial charge in [0, 0.05) is 12.6 Å². The first-order valence-electron chi connectivity index (χ1n) is 5.25. The van der Waals surface area contributed by atoms with Crippen molar-refractivity contribution >= 4 is 12.0 Å². The first kappa shape index (κ1) is 16.4. The molecule has 1 aliphatic rings. The van der Waals surface area contributed by atoms with Gasteiger partial charge >= 0.3 is 24.4 Å². The third kappa shape index (κ3) is 3.67. The number of alkyl halides is 6. The normalized spacial score (nSPS) is 23.6. The SMILES string of the molecule is COC(=O)N1CC(NC(=O)C(F)(F)F)CC1C(F)(F)F. The molecule has 1 fully saturated rings. The molecule has 1 aliphatic heterocycles. The van der Waals surface area contributed by atoms with Crippen molar-refractivity contribution in [3.63, 3.8) is 0 Å². The summed E-state index contributed by atoms with van der Waals surface area (Å²) in [6.07, 6.45) is -12.2. The number of nitrogens with zero attached hydrogens (tertiary/aromatic N) is 1. The van der Waals surface area contributed by atoms with Gasteiger partial charge in [-0.05, 0) is 6.42 Å². The first-order chi connectivity index (χ1) is 8.96. The predicted octanol–water partition coefficient (Wildman–Crippen LogP) is 1.44. The molecule has 1 N–H and O–H groups in total. The van der Waals surface area contributed by atoms with Crippen molar-refractivity contribution in [2.75, 3.05) is 13.7 Å². The zero-order valence-electron chi connectivity index (χ0n) is 10.0. The van der Waals surface area contributed by atoms with E-state index >= 15 is 0 Å². The molecule has 1 heterocycles. The molecule has 0 saturated carbocycles. The summed E-state index contributed by atoms with van der Waals surface area (Å²) in [4.78, 5) is 22.1. The quantitative estimate of drug-likeness (QED) is 0.746. The maximum absolute atomic E-state index is 12.7. The second-order valence-corrected chi connectivity index (χ2v) is 4.08. The lowest BCUT2D eigenvalue weighted by atomic mass is 10.1. The fourth-order valence-electron chi connectivity index (χ4n) is 1.84. The van der Waals surface area contributed by atoms with Crippen molar-refractivity contribution in [2.24, 2.45) is 0 Å². The highest BCUT2D eigenvalue weighted by Crippen LogP contribution is 2.33. The number of nitrogens with one attached hydrogen (secondary N) is 1. The fourth-order valence-corrected chi connectivity index (χ4v) is 1.84. The highest BCUT2D eigenvalue weighted by Gasteiger charge is 2.52. The molecule has 1 rings (SSSR count). The fraction of sp³-hybridized carbons (Fsp3) is 0.778. The Kier molecular flexibility index (Phi) is 4.39. The standard InChI is InChI=1S/C9H10F6N2O3/c1-20-7(19)17-3-4(2-5(17)8(10,11)12)16-6(18)9(13,14)15/h4-5H,2-3H2,1H3,(H,16,18). The van der Waals surface area contributed by atoms with Crippen molar-refractivity contribution in [3.05, 3.63) is 0 Å². The van der Waals surface area contributed by atoms with Crippen LogP contribution in [-0.4, -0.2) is 55.0 Å². The van der Waals surface area contributed by atoms with Crippen LogP contribution in [0.5, 0.6) is 0 Å². The van der Waals surface area contributed by atoms with Gasteiger partial charge in [0.1, 0.15) is 6.04 Å². The molecule has 0 aliphatic carbocycles. The van der Waals surface area contributed by atoms with Crippen molar-refractivity contribution in [2.45, 2.75) is 30.9 Å². The molecular formula is C9H10F6N2O3. The Bertz CT molecular complexity index is 394. The van der Waals surface area contributed by atoms with Crippen LogP contribution >= 0.6 is 0 Å². The Labute approximate surface area is 108 Å².